The Bertz CT molecular complexity index is 228. The quantitative estimate of drug-likeness (QED) is 0.670. The lowest BCUT2D eigenvalue weighted by Crippen LogP contribution is -2.41. The number of unbranched alkanes of at least 4 members (excludes halogenated alkanes) is 1. The molecule has 0 radical (unpaired) electrons. The molecule has 0 aromatic rings. The minimum absolute atomic E-state index is 0.155. The van der Waals surface area contributed by atoms with Crippen molar-refractivity contribution in [3.63, 3.8) is 0 Å². The molecule has 94 valence electrons. The predicted molar refractivity (Wildman–Crippen MR) is 63.2 cm³/mol. The second-order valence-electron chi connectivity index (χ2n) is 4.32. The van der Waals surface area contributed by atoms with Crippen LogP contribution >= 0.6 is 0 Å². The molecule has 2 unspecified atom stereocenters. The lowest BCUT2D eigenvalue weighted by atomic mass is 10.0. The first kappa shape index (κ1) is 14.9. The van der Waals surface area contributed by atoms with Crippen LogP contribution in [0.15, 0.2) is 0 Å². The van der Waals surface area contributed by atoms with E-state index in [1.165, 1.54) is 0 Å². The van der Waals surface area contributed by atoms with Gasteiger partial charge < -0.3 is 10.4 Å². The number of nitrogens with one attached hydrogen (secondary N) is 1. The molecule has 0 bridgehead atoms. The van der Waals surface area contributed by atoms with Crippen LogP contribution in [-0.2, 0) is 9.59 Å². The maximum absolute atomic E-state index is 11.5. The zero-order valence-corrected chi connectivity index (χ0v) is 10.5. The Labute approximate surface area is 97.4 Å². The predicted octanol–water partition coefficient (Wildman–Crippen LogP) is 2.18. The van der Waals surface area contributed by atoms with Crippen molar-refractivity contribution in [1.29, 1.82) is 0 Å². The number of hydrogen-bond acceptors (Lipinski definition) is 2. The number of amides is 1. The Morgan fingerprint density at radius 1 is 1.31 bits per heavy atom. The van der Waals surface area contributed by atoms with Gasteiger partial charge in [-0.05, 0) is 12.3 Å². The zero-order valence-electron chi connectivity index (χ0n) is 10.5. The van der Waals surface area contributed by atoms with Gasteiger partial charge in [0.25, 0.3) is 0 Å². The van der Waals surface area contributed by atoms with Crippen LogP contribution in [0.1, 0.15) is 52.9 Å². The molecule has 0 aromatic heterocycles. The van der Waals surface area contributed by atoms with Crippen LogP contribution in [0, 0.1) is 5.92 Å². The summed E-state index contributed by atoms with van der Waals surface area (Å²) in [5.41, 5.74) is 0. The van der Waals surface area contributed by atoms with E-state index in [-0.39, 0.29) is 5.91 Å². The highest BCUT2D eigenvalue weighted by Crippen LogP contribution is 2.07. The normalized spacial score (nSPS) is 14.2. The summed E-state index contributed by atoms with van der Waals surface area (Å²) in [7, 11) is 0. The van der Waals surface area contributed by atoms with Gasteiger partial charge in [0.2, 0.25) is 5.91 Å². The minimum atomic E-state index is -0.939. The van der Waals surface area contributed by atoms with Crippen LogP contribution in [0.25, 0.3) is 0 Å². The SMILES string of the molecule is CCCCC(NC(=O)CC(C)CC)C(=O)O. The molecule has 1 amide bonds. The number of hydrogen-bond donors (Lipinski definition) is 2. The van der Waals surface area contributed by atoms with E-state index in [1.54, 1.807) is 0 Å². The summed E-state index contributed by atoms with van der Waals surface area (Å²) in [6, 6.07) is -0.725. The summed E-state index contributed by atoms with van der Waals surface area (Å²) in [6.07, 6.45) is 3.61. The highest BCUT2D eigenvalue weighted by molar-refractivity contribution is 5.83. The summed E-state index contributed by atoms with van der Waals surface area (Å²) in [5, 5.41) is 11.5. The minimum Gasteiger partial charge on any atom is -0.480 e. The standard InChI is InChI=1S/C12H23NO3/c1-4-6-7-10(12(15)16)13-11(14)8-9(3)5-2/h9-10H,4-8H2,1-3H3,(H,13,14)(H,15,16). The van der Waals surface area contributed by atoms with E-state index in [1.807, 2.05) is 20.8 Å². The third kappa shape index (κ3) is 6.43. The molecule has 0 aliphatic carbocycles. The fourth-order valence-corrected chi connectivity index (χ4v) is 1.38. The molecule has 16 heavy (non-hydrogen) atoms. The number of rotatable bonds is 8. The molecule has 0 aromatic carbocycles. The summed E-state index contributed by atoms with van der Waals surface area (Å²) < 4.78 is 0. The Balaban J connectivity index is 4.07. The molecule has 0 heterocycles. The molecule has 0 aliphatic rings. The second kappa shape index (κ2) is 8.13. The summed E-state index contributed by atoms with van der Waals surface area (Å²) in [4.78, 5) is 22.4. The van der Waals surface area contributed by atoms with Crippen molar-refractivity contribution in [3.05, 3.63) is 0 Å². The fraction of sp³-hybridized carbons (Fsp3) is 0.833. The summed E-state index contributed by atoms with van der Waals surface area (Å²) >= 11 is 0. The molecule has 0 fully saturated rings. The lowest BCUT2D eigenvalue weighted by molar-refractivity contribution is -0.142. The number of carbonyl (C=O) groups excluding carboxylic acids is 1. The average molecular weight is 229 g/mol. The summed E-state index contributed by atoms with van der Waals surface area (Å²) in [5.74, 6) is -0.788. The Hall–Kier alpha value is -1.06. The third-order valence-electron chi connectivity index (χ3n) is 2.71. The molecular formula is C12H23NO3. The van der Waals surface area contributed by atoms with Crippen molar-refractivity contribution in [2.45, 2.75) is 58.9 Å². The van der Waals surface area contributed by atoms with Gasteiger partial charge in [-0.2, -0.15) is 0 Å². The highest BCUT2D eigenvalue weighted by Gasteiger charge is 2.19. The fourth-order valence-electron chi connectivity index (χ4n) is 1.38. The summed E-state index contributed by atoms with van der Waals surface area (Å²) in [6.45, 7) is 6.00. The Morgan fingerprint density at radius 3 is 2.38 bits per heavy atom. The first-order chi connectivity index (χ1) is 7.51. The van der Waals surface area contributed by atoms with Crippen LogP contribution in [0.2, 0.25) is 0 Å². The molecule has 0 spiro atoms. The Morgan fingerprint density at radius 2 is 1.94 bits per heavy atom. The van der Waals surface area contributed by atoms with Gasteiger partial charge in [-0.3, -0.25) is 4.79 Å². The van der Waals surface area contributed by atoms with E-state index in [9.17, 15) is 9.59 Å². The van der Waals surface area contributed by atoms with E-state index in [2.05, 4.69) is 5.32 Å². The third-order valence-corrected chi connectivity index (χ3v) is 2.71. The van der Waals surface area contributed by atoms with Crippen LogP contribution < -0.4 is 5.32 Å². The van der Waals surface area contributed by atoms with Gasteiger partial charge in [0, 0.05) is 6.42 Å². The van der Waals surface area contributed by atoms with E-state index in [4.69, 9.17) is 5.11 Å². The smallest absolute Gasteiger partial charge is 0.326 e. The molecule has 0 aliphatic heterocycles. The van der Waals surface area contributed by atoms with Gasteiger partial charge in [0.05, 0.1) is 0 Å². The number of carboxylic acid groups (broad SMARTS) is 1. The second-order valence-corrected chi connectivity index (χ2v) is 4.32. The number of carboxylic acids is 1. The van der Waals surface area contributed by atoms with E-state index >= 15 is 0 Å². The first-order valence-electron chi connectivity index (χ1n) is 6.03. The lowest BCUT2D eigenvalue weighted by Gasteiger charge is -2.15. The molecule has 0 rings (SSSR count). The molecule has 2 N–H and O–H groups in total. The Kier molecular flexibility index (Phi) is 7.60. The number of aliphatic carboxylic acids is 1. The van der Waals surface area contributed by atoms with Gasteiger partial charge in [-0.1, -0.05) is 40.0 Å². The van der Waals surface area contributed by atoms with Crippen LogP contribution in [0.5, 0.6) is 0 Å². The maximum Gasteiger partial charge on any atom is 0.326 e. The molecule has 4 nitrogen and oxygen atoms in total. The van der Waals surface area contributed by atoms with Gasteiger partial charge >= 0.3 is 5.97 Å². The highest BCUT2D eigenvalue weighted by atomic mass is 16.4. The van der Waals surface area contributed by atoms with Crippen molar-refractivity contribution >= 4 is 11.9 Å². The molecular weight excluding hydrogens is 206 g/mol. The monoisotopic (exact) mass is 229 g/mol. The van der Waals surface area contributed by atoms with Gasteiger partial charge in [-0.25, -0.2) is 4.79 Å². The van der Waals surface area contributed by atoms with Crippen molar-refractivity contribution in [2.24, 2.45) is 5.92 Å². The topological polar surface area (TPSA) is 66.4 Å². The molecule has 4 heteroatoms. The van der Waals surface area contributed by atoms with Crippen molar-refractivity contribution in [3.8, 4) is 0 Å². The van der Waals surface area contributed by atoms with Crippen LogP contribution in [0.4, 0.5) is 0 Å². The van der Waals surface area contributed by atoms with Crippen molar-refractivity contribution in [2.75, 3.05) is 0 Å². The van der Waals surface area contributed by atoms with Crippen LogP contribution in [-0.4, -0.2) is 23.0 Å². The maximum atomic E-state index is 11.5. The average Bonchev–Trinajstić information content (AvgIpc) is 2.23. The van der Waals surface area contributed by atoms with E-state index in [0.29, 0.717) is 18.8 Å². The van der Waals surface area contributed by atoms with E-state index in [0.717, 1.165) is 19.3 Å². The molecule has 0 saturated carbocycles. The van der Waals surface area contributed by atoms with Gasteiger partial charge in [-0.15, -0.1) is 0 Å². The van der Waals surface area contributed by atoms with Crippen molar-refractivity contribution in [1.82, 2.24) is 5.32 Å². The van der Waals surface area contributed by atoms with E-state index < -0.39 is 12.0 Å². The van der Waals surface area contributed by atoms with Crippen LogP contribution in [0.3, 0.4) is 0 Å². The van der Waals surface area contributed by atoms with Gasteiger partial charge in [0.1, 0.15) is 6.04 Å². The van der Waals surface area contributed by atoms with Crippen molar-refractivity contribution < 1.29 is 14.7 Å². The van der Waals surface area contributed by atoms with Gasteiger partial charge in [0.15, 0.2) is 0 Å². The largest absolute Gasteiger partial charge is 0.480 e. The number of carbonyl (C=O) groups is 2. The zero-order chi connectivity index (χ0) is 12.6. The molecule has 0 saturated heterocycles. The first-order valence-corrected chi connectivity index (χ1v) is 6.03. The molecule has 2 atom stereocenters.